The van der Waals surface area contributed by atoms with Crippen molar-refractivity contribution in [1.29, 1.82) is 0 Å². The summed E-state index contributed by atoms with van der Waals surface area (Å²) in [4.78, 5) is 9.36. The zero-order valence-electron chi connectivity index (χ0n) is 47.3. The Kier molecular flexibility index (Phi) is 4.20. The Balaban J connectivity index is 1.40. The Morgan fingerprint density at radius 3 is 1.85 bits per heavy atom. The quantitative estimate of drug-likeness (QED) is 0.165. The van der Waals surface area contributed by atoms with Gasteiger partial charge in [0.05, 0.1) is 42.8 Å². The first-order valence-electron chi connectivity index (χ1n) is 26.6. The Hall–Kier alpha value is -6.94. The smallest absolute Gasteiger partial charge is 0.0972 e. The van der Waals surface area contributed by atoms with Crippen LogP contribution in [0.5, 0.6) is 0 Å². The molecule has 0 saturated carbocycles. The summed E-state index contributed by atoms with van der Waals surface area (Å²) in [6.07, 6.45) is 1.67. The van der Waals surface area contributed by atoms with Gasteiger partial charge in [-0.1, -0.05) is 169 Å². The maximum absolute atomic E-state index is 10.0. The Bertz CT molecular complexity index is 4320. The molecule has 0 spiro atoms. The average molecular weight is 736 g/mol. The number of pyridine rings is 2. The zero-order valence-corrected chi connectivity index (χ0v) is 29.1. The fourth-order valence-electron chi connectivity index (χ4n) is 7.27. The molecule has 0 saturated heterocycles. The van der Waals surface area contributed by atoms with Crippen LogP contribution in [0, 0.1) is 0 Å². The van der Waals surface area contributed by atoms with Crippen LogP contribution in [0.3, 0.4) is 0 Å². The van der Waals surface area contributed by atoms with Crippen molar-refractivity contribution >= 4 is 65.5 Å². The van der Waals surface area contributed by atoms with Gasteiger partial charge in [-0.2, -0.15) is 0 Å². The van der Waals surface area contributed by atoms with Crippen molar-refractivity contribution in [3.8, 4) is 54.4 Å². The molecule has 0 aliphatic rings. The molecular formula is C52H32N2S. The Labute approximate surface area is 349 Å². The molecular weight excluding hydrogens is 685 g/mol. The van der Waals surface area contributed by atoms with E-state index in [1.54, 1.807) is 36.5 Å². The summed E-state index contributed by atoms with van der Waals surface area (Å²) in [5.74, 6) is 0. The normalized spacial score (nSPS) is 16.5. The van der Waals surface area contributed by atoms with Crippen molar-refractivity contribution in [1.82, 2.24) is 9.97 Å². The van der Waals surface area contributed by atoms with Gasteiger partial charge in [-0.15, -0.1) is 11.3 Å². The van der Waals surface area contributed by atoms with E-state index in [1.807, 2.05) is 42.5 Å². The molecule has 0 unspecified atom stereocenters. The first-order chi connectivity index (χ1) is 35.2. The van der Waals surface area contributed by atoms with Gasteiger partial charge in [0.25, 0.3) is 0 Å². The van der Waals surface area contributed by atoms with Gasteiger partial charge in [-0.05, 0) is 67.2 Å². The van der Waals surface area contributed by atoms with Crippen LogP contribution in [0.15, 0.2) is 194 Å². The molecule has 3 heterocycles. The van der Waals surface area contributed by atoms with Crippen molar-refractivity contribution in [2.45, 2.75) is 0 Å². The summed E-state index contributed by atoms with van der Waals surface area (Å²) in [7, 11) is 0. The standard InChI is InChI=1S/C52H32N2S/c1-3-14-33(15-4-1)47-48(51(36-16-5-2-6-17-36)55-52(47)45-32-37-18-7-8-20-38(37)39-21-9-12-24-42(39)45)44-29-28-43(40-22-10-11-23-41(40)44)46-30-27-35-26-25-34-19-13-31-53-49(34)50(35)54-46/h1-32H/i1D,2D,3D,4D,5D,6D,7D,8D,9D,12D,14D,15D,16D,17D,18D,20D,21D,24D,32D. The van der Waals surface area contributed by atoms with Crippen molar-refractivity contribution in [3.63, 3.8) is 0 Å². The lowest BCUT2D eigenvalue weighted by molar-refractivity contribution is 1.37. The highest BCUT2D eigenvalue weighted by Crippen LogP contribution is 2.55. The molecule has 3 heteroatoms. The highest BCUT2D eigenvalue weighted by molar-refractivity contribution is 7.20. The van der Waals surface area contributed by atoms with E-state index in [2.05, 4.69) is 4.98 Å². The third-order valence-corrected chi connectivity index (χ3v) is 10.9. The van der Waals surface area contributed by atoms with Gasteiger partial charge in [0.1, 0.15) is 0 Å². The van der Waals surface area contributed by atoms with Crippen LogP contribution in [-0.4, -0.2) is 9.97 Å². The molecule has 0 N–H and O–H groups in total. The molecule has 0 aliphatic heterocycles. The highest BCUT2D eigenvalue weighted by atomic mass is 32.1. The first-order valence-corrected chi connectivity index (χ1v) is 17.9. The molecule has 11 rings (SSSR count). The van der Waals surface area contributed by atoms with E-state index in [9.17, 15) is 9.60 Å². The van der Waals surface area contributed by atoms with Crippen molar-refractivity contribution in [3.05, 3.63) is 194 Å². The summed E-state index contributed by atoms with van der Waals surface area (Å²) in [6, 6.07) is 7.74. The van der Waals surface area contributed by atoms with Crippen LogP contribution in [0.4, 0.5) is 0 Å². The van der Waals surface area contributed by atoms with E-state index in [0.29, 0.717) is 44.4 Å². The fraction of sp³-hybridized carbons (Fsp3) is 0. The molecule has 11 aromatic rings. The molecule has 3 aromatic heterocycles. The number of hydrogen-bond donors (Lipinski definition) is 0. The van der Waals surface area contributed by atoms with Crippen LogP contribution in [-0.2, 0) is 0 Å². The number of rotatable bonds is 5. The second kappa shape index (κ2) is 12.9. The number of aromatic nitrogens is 2. The summed E-state index contributed by atoms with van der Waals surface area (Å²) in [6.45, 7) is 0. The zero-order chi connectivity index (χ0) is 52.8. The SMILES string of the molecule is [2H]c1c([2H])c([2H])c(-c2sc(-c3c([2H])c4c([2H])c([2H])c([2H])c([2H])c4c4c([2H])c([2H])c([2H])c([2H])c34)c(-c3c([2H])c([2H])c([2H])c([2H])c3[2H])c2-c2ccc(-c3ccc4ccc5cccnc5c4n3)c3ccccc23)c([2H])c1[2H]. The summed E-state index contributed by atoms with van der Waals surface area (Å²) in [5.41, 5.74) is 1.10. The predicted molar refractivity (Wildman–Crippen MR) is 235 cm³/mol. The minimum absolute atomic E-state index is 0.0464. The van der Waals surface area contributed by atoms with E-state index in [1.165, 1.54) is 0 Å². The maximum Gasteiger partial charge on any atom is 0.0972 e. The van der Waals surface area contributed by atoms with E-state index >= 15 is 0 Å². The van der Waals surface area contributed by atoms with Gasteiger partial charge in [-0.25, -0.2) is 4.98 Å². The number of benzene rings is 8. The van der Waals surface area contributed by atoms with Gasteiger partial charge >= 0.3 is 0 Å². The van der Waals surface area contributed by atoms with Gasteiger partial charge in [0.15, 0.2) is 0 Å². The third-order valence-electron chi connectivity index (χ3n) is 9.64. The van der Waals surface area contributed by atoms with Gasteiger partial charge in [0, 0.05) is 49.0 Å². The van der Waals surface area contributed by atoms with Crippen molar-refractivity contribution in [2.24, 2.45) is 0 Å². The fourth-order valence-corrected chi connectivity index (χ4v) is 8.55. The molecule has 0 aliphatic carbocycles. The highest BCUT2D eigenvalue weighted by Gasteiger charge is 2.26. The average Bonchev–Trinajstić information content (AvgIpc) is 3.77. The lowest BCUT2D eigenvalue weighted by atomic mass is 9.86. The van der Waals surface area contributed by atoms with E-state index in [0.717, 1.165) is 10.8 Å². The van der Waals surface area contributed by atoms with Gasteiger partial charge in [0.2, 0.25) is 0 Å². The lowest BCUT2D eigenvalue weighted by Crippen LogP contribution is -1.92. The molecule has 55 heavy (non-hydrogen) atoms. The molecule has 8 aromatic carbocycles. The Morgan fingerprint density at radius 2 is 1.05 bits per heavy atom. The molecule has 256 valence electrons. The van der Waals surface area contributed by atoms with Gasteiger partial charge in [-0.3, -0.25) is 4.98 Å². The van der Waals surface area contributed by atoms with Crippen LogP contribution in [0.2, 0.25) is 0 Å². The van der Waals surface area contributed by atoms with Crippen molar-refractivity contribution in [2.75, 3.05) is 0 Å². The lowest BCUT2D eigenvalue weighted by Gasteiger charge is -2.16. The second-order valence-corrected chi connectivity index (χ2v) is 13.6. The third kappa shape index (κ3) is 5.16. The van der Waals surface area contributed by atoms with E-state index in [-0.39, 0.29) is 32.0 Å². The van der Waals surface area contributed by atoms with Crippen molar-refractivity contribution < 1.29 is 26.0 Å². The summed E-state index contributed by atoms with van der Waals surface area (Å²) >= 11 is 0.670. The van der Waals surface area contributed by atoms with E-state index < -0.39 is 147 Å². The topological polar surface area (TPSA) is 25.8 Å². The Morgan fingerprint density at radius 1 is 0.418 bits per heavy atom. The molecule has 0 fully saturated rings. The number of hydrogen-bond acceptors (Lipinski definition) is 3. The largest absolute Gasteiger partial charge is 0.254 e. The second-order valence-electron chi connectivity index (χ2n) is 12.6. The van der Waals surface area contributed by atoms with Crippen LogP contribution in [0.1, 0.15) is 26.0 Å². The molecule has 0 amide bonds. The summed E-state index contributed by atoms with van der Waals surface area (Å²) < 4.78 is 172. The minimum atomic E-state index is -0.789. The number of fused-ring (bicyclic) bond motifs is 7. The van der Waals surface area contributed by atoms with E-state index in [4.69, 9.17) is 21.4 Å². The predicted octanol–water partition coefficient (Wildman–Crippen LogP) is 14.6. The van der Waals surface area contributed by atoms with Crippen LogP contribution >= 0.6 is 11.3 Å². The first kappa shape index (κ1) is 17.9. The molecule has 0 bridgehead atoms. The molecule has 0 atom stereocenters. The van der Waals surface area contributed by atoms with Gasteiger partial charge < -0.3 is 0 Å². The summed E-state index contributed by atoms with van der Waals surface area (Å²) in [5, 5.41) is 1.02. The number of thiophene rings is 1. The maximum atomic E-state index is 10.0. The molecule has 0 radical (unpaired) electrons. The van der Waals surface area contributed by atoms with Crippen LogP contribution in [0.25, 0.3) is 109 Å². The monoisotopic (exact) mass is 735 g/mol. The van der Waals surface area contributed by atoms with Crippen LogP contribution < -0.4 is 0 Å². The molecule has 2 nitrogen and oxygen atoms in total. The number of nitrogens with zero attached hydrogens (tertiary/aromatic N) is 2. The minimum Gasteiger partial charge on any atom is -0.254 e.